The van der Waals surface area contributed by atoms with Crippen LogP contribution in [0.15, 0.2) is 18.5 Å². The zero-order valence-corrected chi connectivity index (χ0v) is 11.6. The minimum absolute atomic E-state index is 0.204. The van der Waals surface area contributed by atoms with E-state index in [-0.39, 0.29) is 6.10 Å². The lowest BCUT2D eigenvalue weighted by Crippen LogP contribution is -2.30. The summed E-state index contributed by atoms with van der Waals surface area (Å²) in [6, 6.07) is 2.76. The molecule has 0 amide bonds. The van der Waals surface area contributed by atoms with Gasteiger partial charge in [-0.3, -0.25) is 4.98 Å². The van der Waals surface area contributed by atoms with Gasteiger partial charge in [0, 0.05) is 18.2 Å². The van der Waals surface area contributed by atoms with Crippen LogP contribution in [0.2, 0.25) is 0 Å². The maximum absolute atomic E-state index is 5.73. The normalized spacial score (nSPS) is 23.6. The Morgan fingerprint density at radius 3 is 2.94 bits per heavy atom. The Morgan fingerprint density at radius 2 is 2.22 bits per heavy atom. The van der Waals surface area contributed by atoms with Crippen molar-refractivity contribution in [2.45, 2.75) is 58.1 Å². The van der Waals surface area contributed by atoms with E-state index in [9.17, 15) is 0 Å². The molecule has 0 aliphatic heterocycles. The summed E-state index contributed by atoms with van der Waals surface area (Å²) in [7, 11) is 0. The second-order valence-corrected chi connectivity index (χ2v) is 5.32. The Bertz CT molecular complexity index is 379. The van der Waals surface area contributed by atoms with Gasteiger partial charge in [-0.25, -0.2) is 0 Å². The molecule has 0 saturated heterocycles. The van der Waals surface area contributed by atoms with Gasteiger partial charge in [-0.2, -0.15) is 0 Å². The molecule has 1 aliphatic carbocycles. The van der Waals surface area contributed by atoms with Crippen LogP contribution in [-0.2, 0) is 0 Å². The molecule has 18 heavy (non-hydrogen) atoms. The van der Waals surface area contributed by atoms with E-state index >= 15 is 0 Å². The molecule has 1 aromatic heterocycles. The van der Waals surface area contributed by atoms with E-state index in [0.29, 0.717) is 12.0 Å². The largest absolute Gasteiger partial charge is 0.489 e. The third-order valence-electron chi connectivity index (χ3n) is 3.52. The average molecular weight is 248 g/mol. The second kappa shape index (κ2) is 6.19. The topological polar surface area (TPSA) is 34.2 Å². The van der Waals surface area contributed by atoms with E-state index in [2.05, 4.69) is 23.3 Å². The van der Waals surface area contributed by atoms with Crippen molar-refractivity contribution < 1.29 is 4.74 Å². The van der Waals surface area contributed by atoms with Crippen LogP contribution in [0.3, 0.4) is 0 Å². The summed E-state index contributed by atoms with van der Waals surface area (Å²) in [5.41, 5.74) is 1.32. The fourth-order valence-electron chi connectivity index (χ4n) is 2.84. The maximum Gasteiger partial charge on any atom is 0.138 e. The van der Waals surface area contributed by atoms with Crippen LogP contribution in [0.5, 0.6) is 5.75 Å². The van der Waals surface area contributed by atoms with Gasteiger partial charge in [-0.05, 0) is 44.9 Å². The standard InChI is InChI=1S/C15H24N2O/c1-4-17-15-7-5-6-14(15)12-8-13(10-16-9-12)18-11(2)3/h8-11,14-15,17H,4-7H2,1-3H3. The zero-order chi connectivity index (χ0) is 13.0. The van der Waals surface area contributed by atoms with Gasteiger partial charge in [0.2, 0.25) is 0 Å². The SMILES string of the molecule is CCNC1CCCC1c1cncc(OC(C)C)c1. The molecule has 2 atom stereocenters. The molecule has 0 radical (unpaired) electrons. The van der Waals surface area contributed by atoms with Gasteiger partial charge in [-0.15, -0.1) is 0 Å². The van der Waals surface area contributed by atoms with E-state index in [1.807, 2.05) is 20.0 Å². The molecule has 100 valence electrons. The van der Waals surface area contributed by atoms with Crippen molar-refractivity contribution in [3.8, 4) is 5.75 Å². The smallest absolute Gasteiger partial charge is 0.138 e. The first-order valence-electron chi connectivity index (χ1n) is 7.05. The summed E-state index contributed by atoms with van der Waals surface area (Å²) in [5, 5.41) is 3.58. The van der Waals surface area contributed by atoms with Crippen LogP contribution in [-0.4, -0.2) is 23.7 Å². The van der Waals surface area contributed by atoms with Crippen LogP contribution in [0.4, 0.5) is 0 Å². The van der Waals surface area contributed by atoms with Gasteiger partial charge < -0.3 is 10.1 Å². The van der Waals surface area contributed by atoms with Gasteiger partial charge in [0.1, 0.15) is 5.75 Å². The Morgan fingerprint density at radius 1 is 1.39 bits per heavy atom. The van der Waals surface area contributed by atoms with Crippen molar-refractivity contribution in [3.63, 3.8) is 0 Å². The van der Waals surface area contributed by atoms with Crippen molar-refractivity contribution in [2.24, 2.45) is 0 Å². The summed E-state index contributed by atoms with van der Waals surface area (Å²) < 4.78 is 5.73. The number of nitrogens with zero attached hydrogens (tertiary/aromatic N) is 1. The number of rotatable bonds is 5. The van der Waals surface area contributed by atoms with E-state index in [1.54, 1.807) is 6.20 Å². The lowest BCUT2D eigenvalue weighted by molar-refractivity contribution is 0.241. The number of nitrogens with one attached hydrogen (secondary N) is 1. The third-order valence-corrected chi connectivity index (χ3v) is 3.52. The molecule has 1 saturated carbocycles. The van der Waals surface area contributed by atoms with Crippen molar-refractivity contribution >= 4 is 0 Å². The lowest BCUT2D eigenvalue weighted by atomic mass is 9.95. The molecule has 1 aliphatic rings. The van der Waals surface area contributed by atoms with Crippen molar-refractivity contribution in [1.82, 2.24) is 10.3 Å². The zero-order valence-electron chi connectivity index (χ0n) is 11.6. The molecular weight excluding hydrogens is 224 g/mol. The molecule has 1 aromatic rings. The molecule has 0 bridgehead atoms. The summed E-state index contributed by atoms with van der Waals surface area (Å²) in [6.07, 6.45) is 7.83. The van der Waals surface area contributed by atoms with Gasteiger partial charge in [0.25, 0.3) is 0 Å². The molecule has 3 heteroatoms. The number of hydrogen-bond donors (Lipinski definition) is 1. The van der Waals surface area contributed by atoms with Crippen LogP contribution in [0.1, 0.15) is 51.5 Å². The van der Waals surface area contributed by atoms with E-state index < -0.39 is 0 Å². The fourth-order valence-corrected chi connectivity index (χ4v) is 2.84. The summed E-state index contributed by atoms with van der Waals surface area (Å²) in [5.74, 6) is 1.48. The molecule has 2 unspecified atom stereocenters. The quantitative estimate of drug-likeness (QED) is 0.869. The highest BCUT2D eigenvalue weighted by Gasteiger charge is 2.28. The van der Waals surface area contributed by atoms with Crippen LogP contribution in [0, 0.1) is 0 Å². The number of pyridine rings is 1. The first-order valence-corrected chi connectivity index (χ1v) is 7.05. The van der Waals surface area contributed by atoms with Crippen molar-refractivity contribution in [3.05, 3.63) is 24.0 Å². The Balaban J connectivity index is 2.12. The van der Waals surface area contributed by atoms with Crippen molar-refractivity contribution in [1.29, 1.82) is 0 Å². The van der Waals surface area contributed by atoms with E-state index in [1.165, 1.54) is 24.8 Å². The summed E-state index contributed by atoms with van der Waals surface area (Å²) in [4.78, 5) is 4.32. The molecule has 0 spiro atoms. The molecule has 1 heterocycles. The van der Waals surface area contributed by atoms with Gasteiger partial charge in [0.05, 0.1) is 12.3 Å². The summed E-state index contributed by atoms with van der Waals surface area (Å²) >= 11 is 0. The third kappa shape index (κ3) is 3.22. The number of aromatic nitrogens is 1. The Labute approximate surface area is 110 Å². The molecule has 0 aromatic carbocycles. The molecule has 2 rings (SSSR count). The van der Waals surface area contributed by atoms with Crippen LogP contribution >= 0.6 is 0 Å². The van der Waals surface area contributed by atoms with Crippen LogP contribution < -0.4 is 10.1 Å². The van der Waals surface area contributed by atoms with Gasteiger partial charge in [-0.1, -0.05) is 13.3 Å². The molecule has 1 N–H and O–H groups in total. The first-order chi connectivity index (χ1) is 8.70. The minimum Gasteiger partial charge on any atom is -0.489 e. The van der Waals surface area contributed by atoms with Gasteiger partial charge >= 0.3 is 0 Å². The highest BCUT2D eigenvalue weighted by atomic mass is 16.5. The number of hydrogen-bond acceptors (Lipinski definition) is 3. The minimum atomic E-state index is 0.204. The monoisotopic (exact) mass is 248 g/mol. The number of ether oxygens (including phenoxy) is 1. The van der Waals surface area contributed by atoms with Gasteiger partial charge in [0.15, 0.2) is 0 Å². The lowest BCUT2D eigenvalue weighted by Gasteiger charge is -2.21. The number of likely N-dealkylation sites (N-methyl/N-ethyl adjacent to an activating group) is 1. The first kappa shape index (κ1) is 13.3. The van der Waals surface area contributed by atoms with Crippen molar-refractivity contribution in [2.75, 3.05) is 6.54 Å². The van der Waals surface area contributed by atoms with Crippen LogP contribution in [0.25, 0.3) is 0 Å². The average Bonchev–Trinajstić information content (AvgIpc) is 2.77. The Hall–Kier alpha value is -1.09. The van der Waals surface area contributed by atoms with E-state index in [4.69, 9.17) is 4.74 Å². The Kier molecular flexibility index (Phi) is 4.59. The highest BCUT2D eigenvalue weighted by molar-refractivity contribution is 5.28. The fraction of sp³-hybridized carbons (Fsp3) is 0.667. The maximum atomic E-state index is 5.73. The second-order valence-electron chi connectivity index (χ2n) is 5.32. The molecule has 1 fully saturated rings. The van der Waals surface area contributed by atoms with E-state index in [0.717, 1.165) is 12.3 Å². The molecular formula is C15H24N2O. The highest BCUT2D eigenvalue weighted by Crippen LogP contribution is 2.35. The summed E-state index contributed by atoms with van der Waals surface area (Å²) in [6.45, 7) is 7.30. The molecule has 3 nitrogen and oxygen atoms in total. The predicted molar refractivity (Wildman–Crippen MR) is 74.1 cm³/mol. The predicted octanol–water partition coefficient (Wildman–Crippen LogP) is 3.11.